The zero-order chi connectivity index (χ0) is 19.6. The van der Waals surface area contributed by atoms with Crippen LogP contribution in [0.3, 0.4) is 0 Å². The normalized spacial score (nSPS) is 11.7. The minimum atomic E-state index is -0.564. The number of hydrogen-bond donors (Lipinski definition) is 1. The highest BCUT2D eigenvalue weighted by molar-refractivity contribution is 6.30. The first kappa shape index (κ1) is 21.0. The summed E-state index contributed by atoms with van der Waals surface area (Å²) in [5.74, 6) is -0.174. The minimum Gasteiger partial charge on any atom is -0.354 e. The topological polar surface area (TPSA) is 49.4 Å². The molecule has 0 aliphatic heterocycles. The Morgan fingerprint density at radius 3 is 2.37 bits per heavy atom. The van der Waals surface area contributed by atoms with Crippen molar-refractivity contribution in [1.29, 1.82) is 0 Å². The second kappa shape index (κ2) is 10.7. The summed E-state index contributed by atoms with van der Waals surface area (Å²) >= 11 is 6.10. The quantitative estimate of drug-likeness (QED) is 0.701. The molecule has 144 valence electrons. The van der Waals surface area contributed by atoms with Crippen molar-refractivity contribution in [3.63, 3.8) is 0 Å². The van der Waals surface area contributed by atoms with Gasteiger partial charge in [-0.15, -0.1) is 0 Å². The molecule has 1 atom stereocenters. The monoisotopic (exact) mass is 386 g/mol. The van der Waals surface area contributed by atoms with Gasteiger partial charge < -0.3 is 10.2 Å². The molecule has 0 heterocycles. The predicted molar refractivity (Wildman–Crippen MR) is 110 cm³/mol. The third kappa shape index (κ3) is 6.40. The molecule has 0 saturated carbocycles. The summed E-state index contributed by atoms with van der Waals surface area (Å²) in [5.41, 5.74) is 1.93. The SMILES string of the molecule is CCCNC(=O)[C@@H](Cc1ccccc1)N(Cc1cccc(Cl)c1)C(=O)CC. The molecule has 0 radical (unpaired) electrons. The Morgan fingerprint density at radius 2 is 1.74 bits per heavy atom. The molecule has 5 heteroatoms. The molecule has 2 amide bonds. The van der Waals surface area contributed by atoms with Crippen molar-refractivity contribution in [2.75, 3.05) is 6.54 Å². The predicted octanol–water partition coefficient (Wildman–Crippen LogP) is 4.22. The standard InChI is InChI=1S/C22H27ClN2O2/c1-3-13-24-22(27)20(15-17-9-6-5-7-10-17)25(21(26)4-2)16-18-11-8-12-19(23)14-18/h5-12,14,20H,3-4,13,15-16H2,1-2H3,(H,24,27)/t20-/m1/s1. The van der Waals surface area contributed by atoms with Gasteiger partial charge in [0.25, 0.3) is 0 Å². The van der Waals surface area contributed by atoms with Gasteiger partial charge in [0.15, 0.2) is 0 Å². The van der Waals surface area contributed by atoms with Crippen LogP contribution in [0.2, 0.25) is 5.02 Å². The van der Waals surface area contributed by atoms with Gasteiger partial charge in [0.1, 0.15) is 6.04 Å². The number of halogens is 1. The van der Waals surface area contributed by atoms with Crippen LogP contribution >= 0.6 is 11.6 Å². The van der Waals surface area contributed by atoms with E-state index in [9.17, 15) is 9.59 Å². The fraction of sp³-hybridized carbons (Fsp3) is 0.364. The maximum atomic E-state index is 12.9. The summed E-state index contributed by atoms with van der Waals surface area (Å²) < 4.78 is 0. The maximum absolute atomic E-state index is 12.9. The van der Waals surface area contributed by atoms with E-state index in [1.807, 2.05) is 62.4 Å². The molecule has 0 aromatic heterocycles. The van der Waals surface area contributed by atoms with Gasteiger partial charge in [-0.2, -0.15) is 0 Å². The van der Waals surface area contributed by atoms with Gasteiger partial charge >= 0.3 is 0 Å². The summed E-state index contributed by atoms with van der Waals surface area (Å²) in [5, 5.41) is 3.57. The average molecular weight is 387 g/mol. The summed E-state index contributed by atoms with van der Waals surface area (Å²) in [6, 6.07) is 16.6. The molecule has 2 aromatic carbocycles. The Labute approximate surface area is 166 Å². The molecule has 0 unspecified atom stereocenters. The molecular formula is C22H27ClN2O2. The number of carbonyl (C=O) groups excluding carboxylic acids is 2. The molecule has 1 N–H and O–H groups in total. The molecule has 4 nitrogen and oxygen atoms in total. The van der Waals surface area contributed by atoms with Crippen LogP contribution in [0, 0.1) is 0 Å². The number of amides is 2. The van der Waals surface area contributed by atoms with Crippen LogP contribution in [0.25, 0.3) is 0 Å². The van der Waals surface area contributed by atoms with E-state index in [1.165, 1.54) is 0 Å². The van der Waals surface area contributed by atoms with Crippen LogP contribution in [-0.2, 0) is 22.6 Å². The molecule has 0 aliphatic rings. The highest BCUT2D eigenvalue weighted by atomic mass is 35.5. The number of hydrogen-bond acceptors (Lipinski definition) is 2. The first-order valence-corrected chi connectivity index (χ1v) is 9.78. The fourth-order valence-electron chi connectivity index (χ4n) is 2.96. The highest BCUT2D eigenvalue weighted by Gasteiger charge is 2.29. The van der Waals surface area contributed by atoms with Crippen molar-refractivity contribution in [3.8, 4) is 0 Å². The number of carbonyl (C=O) groups is 2. The molecule has 0 fully saturated rings. The lowest BCUT2D eigenvalue weighted by molar-refractivity contribution is -0.141. The average Bonchev–Trinajstić information content (AvgIpc) is 2.69. The summed E-state index contributed by atoms with van der Waals surface area (Å²) in [6.07, 6.45) is 1.66. The largest absolute Gasteiger partial charge is 0.354 e. The van der Waals surface area contributed by atoms with Crippen LogP contribution in [0.5, 0.6) is 0 Å². The van der Waals surface area contributed by atoms with Crippen molar-refractivity contribution >= 4 is 23.4 Å². The Hall–Kier alpha value is -2.33. The van der Waals surface area contributed by atoms with Crippen LogP contribution in [-0.4, -0.2) is 29.3 Å². The van der Waals surface area contributed by atoms with Gasteiger partial charge in [0, 0.05) is 31.0 Å². The zero-order valence-corrected chi connectivity index (χ0v) is 16.7. The van der Waals surface area contributed by atoms with Crippen molar-refractivity contribution < 1.29 is 9.59 Å². The molecule has 2 aromatic rings. The van der Waals surface area contributed by atoms with E-state index in [0.29, 0.717) is 31.0 Å². The Kier molecular flexibility index (Phi) is 8.34. The minimum absolute atomic E-state index is 0.0532. The lowest BCUT2D eigenvalue weighted by atomic mass is 10.0. The lowest BCUT2D eigenvalue weighted by Crippen LogP contribution is -2.50. The van der Waals surface area contributed by atoms with Gasteiger partial charge in [-0.25, -0.2) is 0 Å². The van der Waals surface area contributed by atoms with Gasteiger partial charge in [-0.05, 0) is 29.7 Å². The first-order chi connectivity index (χ1) is 13.0. The van der Waals surface area contributed by atoms with E-state index in [-0.39, 0.29) is 11.8 Å². The van der Waals surface area contributed by atoms with Gasteiger partial charge in [0.05, 0.1) is 0 Å². The van der Waals surface area contributed by atoms with Gasteiger partial charge in [-0.3, -0.25) is 9.59 Å². The van der Waals surface area contributed by atoms with Crippen LogP contribution in [0.15, 0.2) is 54.6 Å². The molecule has 0 spiro atoms. The highest BCUT2D eigenvalue weighted by Crippen LogP contribution is 2.18. The van der Waals surface area contributed by atoms with Crippen LogP contribution < -0.4 is 5.32 Å². The molecule has 0 saturated heterocycles. The number of rotatable bonds is 9. The lowest BCUT2D eigenvalue weighted by Gasteiger charge is -2.31. The van der Waals surface area contributed by atoms with Gasteiger partial charge in [0.2, 0.25) is 11.8 Å². The molecule has 0 aliphatic carbocycles. The third-order valence-corrected chi connectivity index (χ3v) is 4.60. The number of nitrogens with zero attached hydrogens (tertiary/aromatic N) is 1. The Morgan fingerprint density at radius 1 is 1.04 bits per heavy atom. The molecule has 0 bridgehead atoms. The van der Waals surface area contributed by atoms with Crippen LogP contribution in [0.4, 0.5) is 0 Å². The maximum Gasteiger partial charge on any atom is 0.243 e. The van der Waals surface area contributed by atoms with E-state index in [4.69, 9.17) is 11.6 Å². The van der Waals surface area contributed by atoms with Crippen molar-refractivity contribution in [2.24, 2.45) is 0 Å². The van der Waals surface area contributed by atoms with E-state index in [2.05, 4.69) is 5.32 Å². The van der Waals surface area contributed by atoms with E-state index in [1.54, 1.807) is 11.0 Å². The van der Waals surface area contributed by atoms with Crippen molar-refractivity contribution in [3.05, 3.63) is 70.7 Å². The van der Waals surface area contributed by atoms with E-state index in [0.717, 1.165) is 17.5 Å². The number of benzene rings is 2. The summed E-state index contributed by atoms with van der Waals surface area (Å²) in [4.78, 5) is 27.3. The smallest absolute Gasteiger partial charge is 0.243 e. The zero-order valence-electron chi connectivity index (χ0n) is 16.0. The second-order valence-corrected chi connectivity index (χ2v) is 6.94. The van der Waals surface area contributed by atoms with E-state index >= 15 is 0 Å². The summed E-state index contributed by atoms with van der Waals surface area (Å²) in [7, 11) is 0. The first-order valence-electron chi connectivity index (χ1n) is 9.40. The Bertz CT molecular complexity index is 749. The van der Waals surface area contributed by atoms with Gasteiger partial charge in [-0.1, -0.05) is 67.9 Å². The molecule has 2 rings (SSSR count). The second-order valence-electron chi connectivity index (χ2n) is 6.50. The van der Waals surface area contributed by atoms with Crippen molar-refractivity contribution in [1.82, 2.24) is 10.2 Å². The molecular weight excluding hydrogens is 360 g/mol. The van der Waals surface area contributed by atoms with Crippen molar-refractivity contribution in [2.45, 2.75) is 45.7 Å². The van der Waals surface area contributed by atoms with Crippen LogP contribution in [0.1, 0.15) is 37.8 Å². The van der Waals surface area contributed by atoms with E-state index < -0.39 is 6.04 Å². The number of nitrogens with one attached hydrogen (secondary N) is 1. The fourth-order valence-corrected chi connectivity index (χ4v) is 3.17. The molecule has 27 heavy (non-hydrogen) atoms. The third-order valence-electron chi connectivity index (χ3n) is 4.36. The summed E-state index contributed by atoms with van der Waals surface area (Å²) in [6.45, 7) is 4.77. The Balaban J connectivity index is 2.32.